The number of carbonyl (C=O) groups is 1. The van der Waals surface area contributed by atoms with E-state index in [1.54, 1.807) is 18.3 Å². The summed E-state index contributed by atoms with van der Waals surface area (Å²) in [6, 6.07) is 18.3. The van der Waals surface area contributed by atoms with Gasteiger partial charge in [0.2, 0.25) is 0 Å². The molecule has 0 spiro atoms. The number of halogens is 1. The van der Waals surface area contributed by atoms with Crippen molar-refractivity contribution in [2.75, 3.05) is 26.2 Å². The molecule has 8 heteroatoms. The number of imidazole rings is 1. The molecule has 6 nitrogen and oxygen atoms in total. The topological polar surface area (TPSA) is 63.1 Å². The zero-order valence-electron chi connectivity index (χ0n) is 19.5. The maximum Gasteiger partial charge on any atom is 0.251 e. The van der Waals surface area contributed by atoms with Gasteiger partial charge in [0.1, 0.15) is 11.3 Å². The summed E-state index contributed by atoms with van der Waals surface area (Å²) in [5.41, 5.74) is 3.92. The first kappa shape index (κ1) is 23.5. The first-order chi connectivity index (χ1) is 17.2. The second kappa shape index (κ2) is 11.0. The van der Waals surface area contributed by atoms with Crippen LogP contribution < -0.4 is 5.32 Å². The average Bonchev–Trinajstić information content (AvgIpc) is 3.52. The number of amides is 1. The summed E-state index contributed by atoms with van der Waals surface area (Å²) in [6.45, 7) is 4.38. The second-order valence-electron chi connectivity index (χ2n) is 8.71. The molecule has 0 unspecified atom stereocenters. The first-order valence-corrected chi connectivity index (χ1v) is 12.9. The van der Waals surface area contributed by atoms with Crippen molar-refractivity contribution in [3.8, 4) is 0 Å². The third-order valence-corrected chi connectivity index (χ3v) is 7.28. The molecule has 1 aliphatic rings. The molecule has 1 aliphatic heterocycles. The molecule has 1 amide bonds. The van der Waals surface area contributed by atoms with E-state index in [0.29, 0.717) is 30.0 Å². The number of rotatable bonds is 9. The monoisotopic (exact) mass is 489 g/mol. The smallest absolute Gasteiger partial charge is 0.251 e. The molecule has 2 aromatic heterocycles. The molecule has 1 fully saturated rings. The molecule has 35 heavy (non-hydrogen) atoms. The van der Waals surface area contributed by atoms with E-state index in [1.165, 1.54) is 30.7 Å². The van der Waals surface area contributed by atoms with Crippen molar-refractivity contribution < 1.29 is 9.18 Å². The largest absolute Gasteiger partial charge is 0.351 e. The van der Waals surface area contributed by atoms with Crippen LogP contribution in [0.4, 0.5) is 4.39 Å². The number of thioether (sulfide) groups is 1. The van der Waals surface area contributed by atoms with E-state index >= 15 is 0 Å². The quantitative estimate of drug-likeness (QED) is 0.344. The van der Waals surface area contributed by atoms with E-state index < -0.39 is 0 Å². The molecule has 0 aliphatic carbocycles. The van der Waals surface area contributed by atoms with Crippen LogP contribution in [0.3, 0.4) is 0 Å². The number of likely N-dealkylation sites (tertiary alicyclic amines) is 1. The van der Waals surface area contributed by atoms with Crippen LogP contribution in [0.1, 0.15) is 34.3 Å². The molecular formula is C27H28FN5OS. The van der Waals surface area contributed by atoms with Crippen LogP contribution in [0.5, 0.6) is 0 Å². The second-order valence-corrected chi connectivity index (χ2v) is 9.65. The van der Waals surface area contributed by atoms with Crippen LogP contribution in [-0.4, -0.2) is 51.5 Å². The van der Waals surface area contributed by atoms with Crippen molar-refractivity contribution in [2.45, 2.75) is 30.3 Å². The summed E-state index contributed by atoms with van der Waals surface area (Å²) >= 11 is 1.49. The van der Waals surface area contributed by atoms with Crippen molar-refractivity contribution in [2.24, 2.45) is 0 Å². The summed E-state index contributed by atoms with van der Waals surface area (Å²) in [4.78, 5) is 24.2. The summed E-state index contributed by atoms with van der Waals surface area (Å²) < 4.78 is 16.2. The van der Waals surface area contributed by atoms with Gasteiger partial charge in [-0.05, 0) is 67.4 Å². The number of nitrogens with zero attached hydrogens (tertiary/aromatic N) is 4. The molecule has 0 radical (unpaired) electrons. The van der Waals surface area contributed by atoms with Crippen LogP contribution in [0, 0.1) is 5.82 Å². The lowest BCUT2D eigenvalue weighted by molar-refractivity contribution is 0.0949. The van der Waals surface area contributed by atoms with Gasteiger partial charge in [0.25, 0.3) is 5.91 Å². The molecule has 180 valence electrons. The SMILES string of the molecule is O=C(NCCN1CCCC1)c1ccc(Cn2c(SCc3ccccc3F)nc3cccnc32)cc1. The third-order valence-electron chi connectivity index (χ3n) is 6.25. The van der Waals surface area contributed by atoms with Crippen molar-refractivity contribution >= 4 is 28.8 Å². The minimum Gasteiger partial charge on any atom is -0.351 e. The lowest BCUT2D eigenvalue weighted by atomic mass is 10.1. The van der Waals surface area contributed by atoms with Gasteiger partial charge < -0.3 is 10.2 Å². The lowest BCUT2D eigenvalue weighted by Gasteiger charge is -2.14. The summed E-state index contributed by atoms with van der Waals surface area (Å²) in [5.74, 6) is 0.216. The standard InChI is InChI=1S/C27H28FN5OS/c28-23-7-2-1-6-22(23)19-35-27-31-24-8-5-13-29-25(24)33(27)18-20-9-11-21(12-10-20)26(34)30-14-17-32-15-3-4-16-32/h1-2,5-13H,3-4,14-19H2,(H,30,34). The third kappa shape index (κ3) is 5.71. The van der Waals surface area contributed by atoms with Crippen molar-refractivity contribution in [3.05, 3.63) is 89.4 Å². The summed E-state index contributed by atoms with van der Waals surface area (Å²) in [5, 5.41) is 3.80. The highest BCUT2D eigenvalue weighted by Gasteiger charge is 2.15. The van der Waals surface area contributed by atoms with Crippen molar-refractivity contribution in [1.29, 1.82) is 0 Å². The van der Waals surface area contributed by atoms with E-state index in [0.717, 1.165) is 41.5 Å². The minimum absolute atomic E-state index is 0.0494. The van der Waals surface area contributed by atoms with Crippen LogP contribution in [0.15, 0.2) is 72.0 Å². The Labute approximate surface area is 208 Å². The van der Waals surface area contributed by atoms with E-state index in [2.05, 4.69) is 15.2 Å². The van der Waals surface area contributed by atoms with Crippen LogP contribution in [-0.2, 0) is 12.3 Å². The predicted molar refractivity (Wildman–Crippen MR) is 137 cm³/mol. The van der Waals surface area contributed by atoms with Gasteiger partial charge in [-0.15, -0.1) is 0 Å². The van der Waals surface area contributed by atoms with Gasteiger partial charge in [-0.3, -0.25) is 9.36 Å². The zero-order valence-corrected chi connectivity index (χ0v) is 20.3. The van der Waals surface area contributed by atoms with Crippen molar-refractivity contribution in [3.63, 3.8) is 0 Å². The van der Waals surface area contributed by atoms with Gasteiger partial charge in [-0.2, -0.15) is 0 Å². The van der Waals surface area contributed by atoms with Gasteiger partial charge in [0.05, 0.1) is 6.54 Å². The highest BCUT2D eigenvalue weighted by molar-refractivity contribution is 7.98. The lowest BCUT2D eigenvalue weighted by Crippen LogP contribution is -2.33. The highest BCUT2D eigenvalue weighted by Crippen LogP contribution is 2.27. The number of pyridine rings is 1. The Morgan fingerprint density at radius 1 is 1.03 bits per heavy atom. The van der Waals surface area contributed by atoms with Gasteiger partial charge >= 0.3 is 0 Å². The Hall–Kier alpha value is -3.23. The fourth-order valence-corrected chi connectivity index (χ4v) is 5.32. The number of benzene rings is 2. The molecule has 0 atom stereocenters. The molecule has 5 rings (SSSR count). The van der Waals surface area contributed by atoms with E-state index in [1.807, 2.05) is 47.0 Å². The Bertz CT molecular complexity index is 1300. The van der Waals surface area contributed by atoms with Gasteiger partial charge in [0, 0.05) is 30.6 Å². The minimum atomic E-state index is -0.213. The van der Waals surface area contributed by atoms with Crippen LogP contribution in [0.2, 0.25) is 0 Å². The summed E-state index contributed by atoms with van der Waals surface area (Å²) in [6.07, 6.45) is 4.25. The molecule has 0 saturated carbocycles. The predicted octanol–water partition coefficient (Wildman–Crippen LogP) is 4.74. The van der Waals surface area contributed by atoms with Gasteiger partial charge in [-0.1, -0.05) is 42.1 Å². The Morgan fingerprint density at radius 3 is 2.63 bits per heavy atom. The number of hydrogen-bond acceptors (Lipinski definition) is 5. The first-order valence-electron chi connectivity index (χ1n) is 11.9. The fraction of sp³-hybridized carbons (Fsp3) is 0.296. The highest BCUT2D eigenvalue weighted by atomic mass is 32.2. The number of hydrogen-bond donors (Lipinski definition) is 1. The number of aromatic nitrogens is 3. The van der Waals surface area contributed by atoms with Gasteiger partial charge in [-0.25, -0.2) is 14.4 Å². The summed E-state index contributed by atoms with van der Waals surface area (Å²) in [7, 11) is 0. The molecule has 2 aromatic carbocycles. The van der Waals surface area contributed by atoms with E-state index in [9.17, 15) is 9.18 Å². The van der Waals surface area contributed by atoms with Crippen molar-refractivity contribution in [1.82, 2.24) is 24.8 Å². The molecular weight excluding hydrogens is 461 g/mol. The Kier molecular flexibility index (Phi) is 7.39. The average molecular weight is 490 g/mol. The van der Waals surface area contributed by atoms with Crippen LogP contribution >= 0.6 is 11.8 Å². The van der Waals surface area contributed by atoms with E-state index in [-0.39, 0.29) is 11.7 Å². The number of nitrogens with one attached hydrogen (secondary N) is 1. The molecule has 1 N–H and O–H groups in total. The molecule has 0 bridgehead atoms. The molecule has 4 aromatic rings. The van der Waals surface area contributed by atoms with Crippen LogP contribution in [0.25, 0.3) is 11.2 Å². The zero-order chi connectivity index (χ0) is 24.0. The maximum atomic E-state index is 14.1. The fourth-order valence-electron chi connectivity index (χ4n) is 4.33. The normalized spacial score (nSPS) is 14.0. The Balaban J connectivity index is 1.27. The Morgan fingerprint density at radius 2 is 1.83 bits per heavy atom. The number of carbonyl (C=O) groups excluding carboxylic acids is 1. The van der Waals surface area contributed by atoms with Gasteiger partial charge in [0.15, 0.2) is 10.8 Å². The number of fused-ring (bicyclic) bond motifs is 1. The maximum absolute atomic E-state index is 14.1. The van der Waals surface area contributed by atoms with E-state index in [4.69, 9.17) is 4.98 Å². The molecule has 3 heterocycles. The molecule has 1 saturated heterocycles.